The molecular formula is C14H14F4O. The molecule has 1 aromatic rings. The first-order valence-corrected chi connectivity index (χ1v) is 6.24. The van der Waals surface area contributed by atoms with Gasteiger partial charge in [0.15, 0.2) is 5.78 Å². The van der Waals surface area contributed by atoms with Crippen LogP contribution in [0.5, 0.6) is 0 Å². The van der Waals surface area contributed by atoms with Gasteiger partial charge in [0, 0.05) is 19.3 Å². The van der Waals surface area contributed by atoms with Crippen molar-refractivity contribution in [3.05, 3.63) is 35.4 Å². The number of halogens is 4. The standard InChI is InChI=1S/C14H14F4O/c15-10-4-1-5-11(16)13(10)12(19)7-9-3-2-6-14(17,18)8-9/h1,4-5,9H,2-3,6-8H2. The maximum absolute atomic E-state index is 13.4. The second-order valence-corrected chi connectivity index (χ2v) is 5.04. The minimum atomic E-state index is -2.77. The highest BCUT2D eigenvalue weighted by Crippen LogP contribution is 2.38. The molecule has 104 valence electrons. The molecule has 0 saturated heterocycles. The van der Waals surface area contributed by atoms with E-state index in [9.17, 15) is 22.4 Å². The van der Waals surface area contributed by atoms with Crippen molar-refractivity contribution >= 4 is 5.78 Å². The van der Waals surface area contributed by atoms with E-state index in [0.29, 0.717) is 12.8 Å². The second-order valence-electron chi connectivity index (χ2n) is 5.04. The molecule has 0 aliphatic heterocycles. The van der Waals surface area contributed by atoms with Crippen LogP contribution in [0, 0.1) is 17.6 Å². The largest absolute Gasteiger partial charge is 0.294 e. The van der Waals surface area contributed by atoms with Gasteiger partial charge in [0.2, 0.25) is 5.92 Å². The Morgan fingerprint density at radius 3 is 2.47 bits per heavy atom. The minimum Gasteiger partial charge on any atom is -0.294 e. The van der Waals surface area contributed by atoms with Gasteiger partial charge in [-0.3, -0.25) is 4.79 Å². The number of benzene rings is 1. The molecule has 0 amide bonds. The first-order chi connectivity index (χ1) is 8.89. The van der Waals surface area contributed by atoms with Crippen LogP contribution in [0.15, 0.2) is 18.2 Å². The Hall–Kier alpha value is -1.39. The predicted octanol–water partition coefficient (Wildman–Crippen LogP) is 4.36. The van der Waals surface area contributed by atoms with E-state index in [1.165, 1.54) is 0 Å². The van der Waals surface area contributed by atoms with Gasteiger partial charge in [-0.1, -0.05) is 6.07 Å². The maximum atomic E-state index is 13.4. The number of carbonyl (C=O) groups excluding carboxylic acids is 1. The molecule has 1 aliphatic carbocycles. The normalized spacial score (nSPS) is 22.2. The molecule has 1 nitrogen and oxygen atoms in total. The summed E-state index contributed by atoms with van der Waals surface area (Å²) in [7, 11) is 0. The van der Waals surface area contributed by atoms with Gasteiger partial charge in [0.1, 0.15) is 11.6 Å². The van der Waals surface area contributed by atoms with Gasteiger partial charge in [-0.05, 0) is 30.9 Å². The van der Waals surface area contributed by atoms with Gasteiger partial charge in [-0.15, -0.1) is 0 Å². The Labute approximate surface area is 108 Å². The van der Waals surface area contributed by atoms with Gasteiger partial charge in [-0.25, -0.2) is 17.6 Å². The van der Waals surface area contributed by atoms with Crippen molar-refractivity contribution in [1.82, 2.24) is 0 Å². The van der Waals surface area contributed by atoms with Crippen LogP contribution in [0.25, 0.3) is 0 Å². The van der Waals surface area contributed by atoms with E-state index < -0.39 is 34.8 Å². The fraction of sp³-hybridized carbons (Fsp3) is 0.500. The Bertz CT molecular complexity index is 464. The number of ketones is 1. The Balaban J connectivity index is 2.09. The van der Waals surface area contributed by atoms with Crippen LogP contribution >= 0.6 is 0 Å². The summed E-state index contributed by atoms with van der Waals surface area (Å²) >= 11 is 0. The number of hydrogen-bond donors (Lipinski definition) is 0. The van der Waals surface area contributed by atoms with E-state index in [4.69, 9.17) is 0 Å². The molecule has 0 aromatic heterocycles. The highest BCUT2D eigenvalue weighted by molar-refractivity contribution is 5.96. The summed E-state index contributed by atoms with van der Waals surface area (Å²) in [6, 6.07) is 3.15. The second kappa shape index (κ2) is 5.31. The van der Waals surface area contributed by atoms with E-state index in [1.807, 2.05) is 0 Å². The molecule has 1 aliphatic rings. The topological polar surface area (TPSA) is 17.1 Å². The summed E-state index contributed by atoms with van der Waals surface area (Å²) in [6.45, 7) is 0. The molecule has 19 heavy (non-hydrogen) atoms. The van der Waals surface area contributed by atoms with Crippen LogP contribution in [0.1, 0.15) is 42.5 Å². The first kappa shape index (κ1) is 14.0. The number of rotatable bonds is 3. The van der Waals surface area contributed by atoms with Gasteiger partial charge in [0.05, 0.1) is 5.56 Å². The fourth-order valence-electron chi connectivity index (χ4n) is 2.58. The molecule has 0 spiro atoms. The lowest BCUT2D eigenvalue weighted by Gasteiger charge is -2.28. The summed E-state index contributed by atoms with van der Waals surface area (Å²) < 4.78 is 53.2. The lowest BCUT2D eigenvalue weighted by atomic mass is 9.82. The quantitative estimate of drug-likeness (QED) is 0.591. The van der Waals surface area contributed by atoms with Crippen molar-refractivity contribution in [1.29, 1.82) is 0 Å². The summed E-state index contributed by atoms with van der Waals surface area (Å²) in [5, 5.41) is 0. The smallest absolute Gasteiger partial charge is 0.248 e. The minimum absolute atomic E-state index is 0.175. The zero-order valence-electron chi connectivity index (χ0n) is 10.3. The highest BCUT2D eigenvalue weighted by atomic mass is 19.3. The lowest BCUT2D eigenvalue weighted by Crippen LogP contribution is -2.27. The van der Waals surface area contributed by atoms with Crippen molar-refractivity contribution < 1.29 is 22.4 Å². The number of hydrogen-bond acceptors (Lipinski definition) is 1. The van der Waals surface area contributed by atoms with Crippen molar-refractivity contribution in [2.24, 2.45) is 5.92 Å². The fourth-order valence-corrected chi connectivity index (χ4v) is 2.58. The van der Waals surface area contributed by atoms with Crippen molar-refractivity contribution in [3.63, 3.8) is 0 Å². The van der Waals surface area contributed by atoms with Crippen LogP contribution in [0.4, 0.5) is 17.6 Å². The summed E-state index contributed by atoms with van der Waals surface area (Å²) in [6.07, 6.45) is 0.0517. The van der Waals surface area contributed by atoms with Crippen LogP contribution in [0.3, 0.4) is 0 Å². The van der Waals surface area contributed by atoms with E-state index in [0.717, 1.165) is 18.2 Å². The summed E-state index contributed by atoms with van der Waals surface area (Å²) in [5.41, 5.74) is -0.614. The summed E-state index contributed by atoms with van der Waals surface area (Å²) in [4.78, 5) is 11.8. The third-order valence-electron chi connectivity index (χ3n) is 3.46. The Morgan fingerprint density at radius 2 is 1.89 bits per heavy atom. The van der Waals surface area contributed by atoms with E-state index in [-0.39, 0.29) is 19.3 Å². The molecule has 2 rings (SSSR count). The lowest BCUT2D eigenvalue weighted by molar-refractivity contribution is -0.0521. The zero-order chi connectivity index (χ0) is 14.0. The third-order valence-corrected chi connectivity index (χ3v) is 3.46. The van der Waals surface area contributed by atoms with Crippen LogP contribution in [-0.4, -0.2) is 11.7 Å². The maximum Gasteiger partial charge on any atom is 0.248 e. The molecule has 0 radical (unpaired) electrons. The molecule has 5 heteroatoms. The predicted molar refractivity (Wildman–Crippen MR) is 62.2 cm³/mol. The van der Waals surface area contributed by atoms with Gasteiger partial charge < -0.3 is 0 Å². The van der Waals surface area contributed by atoms with Crippen LogP contribution < -0.4 is 0 Å². The molecule has 1 aromatic carbocycles. The average molecular weight is 274 g/mol. The third kappa shape index (κ3) is 3.33. The molecule has 1 saturated carbocycles. The first-order valence-electron chi connectivity index (χ1n) is 6.24. The number of alkyl halides is 2. The van der Waals surface area contributed by atoms with Crippen LogP contribution in [-0.2, 0) is 0 Å². The summed E-state index contributed by atoms with van der Waals surface area (Å²) in [5.74, 6) is -5.88. The molecular weight excluding hydrogens is 260 g/mol. The van der Waals surface area contributed by atoms with Crippen molar-refractivity contribution in [2.75, 3.05) is 0 Å². The molecule has 1 atom stereocenters. The monoisotopic (exact) mass is 274 g/mol. The van der Waals surface area contributed by atoms with Gasteiger partial charge in [-0.2, -0.15) is 0 Å². The SMILES string of the molecule is O=C(CC1CCCC(F)(F)C1)c1c(F)cccc1F. The average Bonchev–Trinajstić information content (AvgIpc) is 2.27. The van der Waals surface area contributed by atoms with E-state index in [1.54, 1.807) is 0 Å². The molecule has 1 unspecified atom stereocenters. The van der Waals surface area contributed by atoms with Crippen molar-refractivity contribution in [3.8, 4) is 0 Å². The molecule has 0 bridgehead atoms. The Kier molecular flexibility index (Phi) is 3.92. The number of carbonyl (C=O) groups is 1. The van der Waals surface area contributed by atoms with E-state index in [2.05, 4.69) is 0 Å². The Morgan fingerprint density at radius 1 is 1.26 bits per heavy atom. The molecule has 0 N–H and O–H groups in total. The molecule has 0 heterocycles. The van der Waals surface area contributed by atoms with Crippen LogP contribution in [0.2, 0.25) is 0 Å². The molecule has 1 fully saturated rings. The number of Topliss-reactive ketones (excluding diaryl/α,β-unsaturated/α-hetero) is 1. The van der Waals surface area contributed by atoms with E-state index >= 15 is 0 Å². The van der Waals surface area contributed by atoms with Gasteiger partial charge in [0.25, 0.3) is 0 Å². The van der Waals surface area contributed by atoms with Crippen molar-refractivity contribution in [2.45, 2.75) is 38.0 Å². The zero-order valence-corrected chi connectivity index (χ0v) is 10.3. The highest BCUT2D eigenvalue weighted by Gasteiger charge is 2.37. The van der Waals surface area contributed by atoms with Gasteiger partial charge >= 0.3 is 0 Å².